The maximum atomic E-state index is 13.7. The standard InChI is InChI=1S/C26H15F2NO4S/c27-15-6-4-13(5-7-15)19-12-14-2-1-3-18-21(14)29(19)25(31)20-22(30)24(26(32)33-23(18)20)34-17-10-8-16(28)9-11-17/h1-11,19,30H,12H2. The summed E-state index contributed by atoms with van der Waals surface area (Å²) < 4.78 is 34.0. The number of hydrogen-bond acceptors (Lipinski definition) is 5. The van der Waals surface area contributed by atoms with Gasteiger partial charge >= 0.3 is 5.63 Å². The lowest BCUT2D eigenvalue weighted by atomic mass is 10.0. The molecule has 5 aromatic rings. The van der Waals surface area contributed by atoms with Crippen LogP contribution in [0.1, 0.15) is 17.2 Å². The fraction of sp³-hybridized carbons (Fsp3) is 0.0769. The zero-order valence-electron chi connectivity index (χ0n) is 17.4. The van der Waals surface area contributed by atoms with Gasteiger partial charge in [-0.15, -0.1) is 0 Å². The highest BCUT2D eigenvalue weighted by Crippen LogP contribution is 2.41. The number of hydrogen-bond donors (Lipinski definition) is 1. The molecule has 0 spiro atoms. The van der Waals surface area contributed by atoms with Crippen LogP contribution in [0, 0.1) is 11.6 Å². The fourth-order valence-electron chi connectivity index (χ4n) is 4.60. The number of rotatable bonds is 3. The molecule has 0 saturated heterocycles. The van der Waals surface area contributed by atoms with E-state index in [1.807, 2.05) is 6.07 Å². The van der Waals surface area contributed by atoms with Gasteiger partial charge in [-0.05, 0) is 60.0 Å². The van der Waals surface area contributed by atoms with Crippen LogP contribution >= 0.6 is 11.8 Å². The molecule has 3 aromatic carbocycles. The average Bonchev–Trinajstić information content (AvgIpc) is 3.22. The van der Waals surface area contributed by atoms with E-state index in [2.05, 4.69) is 0 Å². The number of aromatic nitrogens is 1. The first-order valence-electron chi connectivity index (χ1n) is 10.5. The monoisotopic (exact) mass is 475 g/mol. The first kappa shape index (κ1) is 20.7. The number of para-hydroxylation sites is 1. The van der Waals surface area contributed by atoms with Gasteiger partial charge in [0.25, 0.3) is 5.56 Å². The molecule has 0 radical (unpaired) electrons. The quantitative estimate of drug-likeness (QED) is 0.355. The summed E-state index contributed by atoms with van der Waals surface area (Å²) in [7, 11) is 0. The van der Waals surface area contributed by atoms with Crippen LogP contribution in [0.2, 0.25) is 0 Å². The zero-order chi connectivity index (χ0) is 23.6. The van der Waals surface area contributed by atoms with Crippen molar-refractivity contribution in [2.24, 2.45) is 0 Å². The van der Waals surface area contributed by atoms with Gasteiger partial charge in [0.05, 0.1) is 11.6 Å². The lowest BCUT2D eigenvalue weighted by Gasteiger charge is -2.17. The minimum atomic E-state index is -0.794. The minimum Gasteiger partial charge on any atom is -0.505 e. The lowest BCUT2D eigenvalue weighted by Crippen LogP contribution is -2.24. The third-order valence-electron chi connectivity index (χ3n) is 6.11. The molecule has 0 fully saturated rings. The van der Waals surface area contributed by atoms with Crippen molar-refractivity contribution in [3.05, 3.63) is 110 Å². The third kappa shape index (κ3) is 3.06. The Balaban J connectivity index is 1.63. The highest BCUT2D eigenvalue weighted by Gasteiger charge is 2.31. The second kappa shape index (κ2) is 7.56. The summed E-state index contributed by atoms with van der Waals surface area (Å²) in [6.45, 7) is 0. The largest absolute Gasteiger partial charge is 0.505 e. The molecule has 2 aromatic heterocycles. The van der Waals surface area contributed by atoms with Crippen molar-refractivity contribution in [3.63, 3.8) is 0 Å². The van der Waals surface area contributed by atoms with Gasteiger partial charge in [0.1, 0.15) is 21.9 Å². The Morgan fingerprint density at radius 3 is 2.32 bits per heavy atom. The van der Waals surface area contributed by atoms with E-state index in [0.29, 0.717) is 22.2 Å². The first-order valence-corrected chi connectivity index (χ1v) is 11.3. The summed E-state index contributed by atoms with van der Waals surface area (Å²) in [5.41, 5.74) is 0.969. The summed E-state index contributed by atoms with van der Waals surface area (Å²) in [4.78, 5) is 26.9. The van der Waals surface area contributed by atoms with E-state index in [4.69, 9.17) is 4.42 Å². The van der Waals surface area contributed by atoms with Crippen LogP contribution in [0.4, 0.5) is 8.78 Å². The van der Waals surface area contributed by atoms with Gasteiger partial charge in [0.2, 0.25) is 0 Å². The maximum absolute atomic E-state index is 13.7. The smallest absolute Gasteiger partial charge is 0.354 e. The SMILES string of the molecule is O=c1oc2c(c(O)c1Sc1ccc(F)cc1)c(=O)n1c3c(cccc23)CC1c1ccc(F)cc1. The van der Waals surface area contributed by atoms with Gasteiger partial charge in [0, 0.05) is 10.3 Å². The third-order valence-corrected chi connectivity index (χ3v) is 7.18. The van der Waals surface area contributed by atoms with Crippen LogP contribution in [0.25, 0.3) is 21.9 Å². The molecule has 1 atom stereocenters. The van der Waals surface area contributed by atoms with E-state index < -0.39 is 28.8 Å². The fourth-order valence-corrected chi connectivity index (χ4v) is 5.43. The van der Waals surface area contributed by atoms with Crippen molar-refractivity contribution < 1.29 is 18.3 Å². The molecular formula is C26H15F2NO4S. The molecule has 0 saturated carbocycles. The van der Waals surface area contributed by atoms with Crippen molar-refractivity contribution in [2.75, 3.05) is 0 Å². The van der Waals surface area contributed by atoms with Crippen molar-refractivity contribution >= 4 is 33.6 Å². The molecule has 8 heteroatoms. The van der Waals surface area contributed by atoms with E-state index in [-0.39, 0.29) is 21.7 Å². The van der Waals surface area contributed by atoms with Crippen molar-refractivity contribution in [3.8, 4) is 5.75 Å². The van der Waals surface area contributed by atoms with Crippen LogP contribution in [0.15, 0.2) is 90.5 Å². The first-order chi connectivity index (χ1) is 16.4. The second-order valence-electron chi connectivity index (χ2n) is 8.09. The van der Waals surface area contributed by atoms with E-state index in [1.54, 1.807) is 28.8 Å². The molecule has 0 amide bonds. The Morgan fingerprint density at radius 2 is 1.62 bits per heavy atom. The van der Waals surface area contributed by atoms with Crippen LogP contribution in [0.3, 0.4) is 0 Å². The summed E-state index contributed by atoms with van der Waals surface area (Å²) in [5.74, 6) is -1.29. The van der Waals surface area contributed by atoms with Gasteiger partial charge in [-0.25, -0.2) is 13.6 Å². The summed E-state index contributed by atoms with van der Waals surface area (Å²) in [5, 5.41) is 11.5. The van der Waals surface area contributed by atoms with Crippen LogP contribution in [0.5, 0.6) is 5.75 Å². The number of pyridine rings is 1. The molecule has 34 heavy (non-hydrogen) atoms. The number of halogens is 2. The number of nitrogens with zero attached hydrogens (tertiary/aromatic N) is 1. The van der Waals surface area contributed by atoms with Crippen LogP contribution < -0.4 is 11.2 Å². The molecule has 1 aliphatic heterocycles. The average molecular weight is 475 g/mol. The second-order valence-corrected chi connectivity index (χ2v) is 9.17. The van der Waals surface area contributed by atoms with Gasteiger partial charge in [0.15, 0.2) is 11.3 Å². The predicted octanol–water partition coefficient (Wildman–Crippen LogP) is 5.39. The maximum Gasteiger partial charge on any atom is 0.354 e. The Morgan fingerprint density at radius 1 is 0.941 bits per heavy atom. The molecule has 1 unspecified atom stereocenters. The molecular weight excluding hydrogens is 460 g/mol. The summed E-state index contributed by atoms with van der Waals surface area (Å²) in [6.07, 6.45) is 0.497. The van der Waals surface area contributed by atoms with Crippen molar-refractivity contribution in [2.45, 2.75) is 22.3 Å². The van der Waals surface area contributed by atoms with Gasteiger partial charge in [-0.3, -0.25) is 9.36 Å². The molecule has 168 valence electrons. The van der Waals surface area contributed by atoms with E-state index in [9.17, 15) is 23.5 Å². The van der Waals surface area contributed by atoms with Gasteiger partial charge < -0.3 is 9.52 Å². The summed E-state index contributed by atoms with van der Waals surface area (Å²) >= 11 is 0.891. The molecule has 0 aliphatic carbocycles. The zero-order valence-corrected chi connectivity index (χ0v) is 18.2. The molecule has 1 aliphatic rings. The predicted molar refractivity (Wildman–Crippen MR) is 125 cm³/mol. The van der Waals surface area contributed by atoms with Crippen LogP contribution in [-0.4, -0.2) is 9.67 Å². The van der Waals surface area contributed by atoms with Crippen LogP contribution in [-0.2, 0) is 6.42 Å². The topological polar surface area (TPSA) is 72.4 Å². The highest BCUT2D eigenvalue weighted by molar-refractivity contribution is 7.99. The van der Waals surface area contributed by atoms with Crippen molar-refractivity contribution in [1.29, 1.82) is 0 Å². The molecule has 1 N–H and O–H groups in total. The molecule has 6 rings (SSSR count). The number of benzene rings is 3. The van der Waals surface area contributed by atoms with E-state index >= 15 is 0 Å². The summed E-state index contributed by atoms with van der Waals surface area (Å²) in [6, 6.07) is 16.4. The Bertz CT molecular complexity index is 1720. The van der Waals surface area contributed by atoms with Crippen molar-refractivity contribution in [1.82, 2.24) is 4.57 Å². The van der Waals surface area contributed by atoms with E-state index in [1.165, 1.54) is 36.4 Å². The lowest BCUT2D eigenvalue weighted by molar-refractivity contribution is 0.446. The molecule has 5 nitrogen and oxygen atoms in total. The Hall–Kier alpha value is -3.91. The highest BCUT2D eigenvalue weighted by atomic mass is 32.2. The van der Waals surface area contributed by atoms with Gasteiger partial charge in [-0.1, -0.05) is 36.0 Å². The minimum absolute atomic E-state index is 0.0174. The Labute approximate surface area is 194 Å². The van der Waals surface area contributed by atoms with E-state index in [0.717, 1.165) is 22.9 Å². The normalized spacial score (nSPS) is 14.8. The number of aromatic hydroxyl groups is 1. The number of fused-ring (bicyclic) bond motifs is 2. The molecule has 0 bridgehead atoms. The Kier molecular flexibility index (Phi) is 4.60. The molecule has 3 heterocycles. The van der Waals surface area contributed by atoms with Gasteiger partial charge in [-0.2, -0.15) is 0 Å².